The lowest BCUT2D eigenvalue weighted by Crippen LogP contribution is -2.22. The zero-order valence-corrected chi connectivity index (χ0v) is 14.5. The third-order valence-corrected chi connectivity index (χ3v) is 4.76. The van der Waals surface area contributed by atoms with E-state index in [1.54, 1.807) is 6.07 Å². The fraction of sp³-hybridized carbons (Fsp3) is 0.438. The van der Waals surface area contributed by atoms with Crippen molar-refractivity contribution < 1.29 is 4.39 Å². The molecule has 0 aliphatic heterocycles. The maximum Gasteiger partial charge on any atom is 0.128 e. The van der Waals surface area contributed by atoms with Gasteiger partial charge in [-0.15, -0.1) is 0 Å². The Kier molecular flexibility index (Phi) is 5.17. The van der Waals surface area contributed by atoms with Gasteiger partial charge in [0.2, 0.25) is 0 Å². The highest BCUT2D eigenvalue weighted by molar-refractivity contribution is 9.10. The van der Waals surface area contributed by atoms with Gasteiger partial charge in [0, 0.05) is 24.6 Å². The Morgan fingerprint density at radius 1 is 1.38 bits per heavy atom. The Morgan fingerprint density at radius 2 is 2.10 bits per heavy atom. The summed E-state index contributed by atoms with van der Waals surface area (Å²) in [6.45, 7) is 6.81. The van der Waals surface area contributed by atoms with E-state index in [0.717, 1.165) is 28.0 Å². The highest BCUT2D eigenvalue weighted by Gasteiger charge is 2.20. The first kappa shape index (κ1) is 16.2. The number of nitrogens with zero attached hydrogens (tertiary/aromatic N) is 2. The summed E-state index contributed by atoms with van der Waals surface area (Å²) >= 11 is 3.60. The second kappa shape index (κ2) is 6.71. The van der Waals surface area contributed by atoms with E-state index in [4.69, 9.17) is 0 Å². The molecule has 1 atom stereocenters. The van der Waals surface area contributed by atoms with Crippen molar-refractivity contribution in [3.63, 3.8) is 0 Å². The van der Waals surface area contributed by atoms with Crippen molar-refractivity contribution >= 4 is 15.9 Å². The molecule has 0 saturated heterocycles. The van der Waals surface area contributed by atoms with Crippen LogP contribution in [0.15, 0.2) is 22.7 Å². The molecule has 1 N–H and O–H groups in total. The molecule has 1 unspecified atom stereocenters. The third-order valence-electron chi connectivity index (χ3n) is 3.73. The maximum atomic E-state index is 14.1. The van der Waals surface area contributed by atoms with Gasteiger partial charge in [-0.3, -0.25) is 4.68 Å². The molecule has 1 aromatic carbocycles. The standard InChI is InChI=1S/C16H21BrFN3/c1-5-21-15(16(17)11(3)20-21)9-14(19-4)12-8-10(2)6-7-13(12)18/h6-8,14,19H,5,9H2,1-4H3. The summed E-state index contributed by atoms with van der Waals surface area (Å²) in [5.74, 6) is -0.171. The van der Waals surface area contributed by atoms with Gasteiger partial charge in [0.25, 0.3) is 0 Å². The van der Waals surface area contributed by atoms with E-state index in [1.165, 1.54) is 6.07 Å². The molecule has 0 spiro atoms. The minimum absolute atomic E-state index is 0.0809. The molecule has 0 bridgehead atoms. The Morgan fingerprint density at radius 3 is 2.71 bits per heavy atom. The molecule has 0 aliphatic carbocycles. The summed E-state index contributed by atoms with van der Waals surface area (Å²) < 4.78 is 17.1. The minimum Gasteiger partial charge on any atom is -0.313 e. The molecule has 1 aromatic heterocycles. The van der Waals surface area contributed by atoms with Crippen LogP contribution in [0.25, 0.3) is 0 Å². The molecule has 5 heteroatoms. The number of rotatable bonds is 5. The predicted octanol–water partition coefficient (Wildman–Crippen LogP) is 3.92. The van der Waals surface area contributed by atoms with E-state index < -0.39 is 0 Å². The topological polar surface area (TPSA) is 29.9 Å². The molecular formula is C16H21BrFN3. The van der Waals surface area contributed by atoms with E-state index in [2.05, 4.69) is 33.3 Å². The van der Waals surface area contributed by atoms with Crippen LogP contribution in [0.3, 0.4) is 0 Å². The first-order chi connectivity index (χ1) is 9.97. The first-order valence-electron chi connectivity index (χ1n) is 7.13. The van der Waals surface area contributed by atoms with E-state index in [9.17, 15) is 4.39 Å². The monoisotopic (exact) mass is 353 g/mol. The number of nitrogens with one attached hydrogen (secondary N) is 1. The molecular weight excluding hydrogens is 333 g/mol. The summed E-state index contributed by atoms with van der Waals surface area (Å²) in [5.41, 5.74) is 3.82. The fourth-order valence-corrected chi connectivity index (χ4v) is 3.00. The number of halogens is 2. The van der Waals surface area contributed by atoms with Crippen LogP contribution in [0.1, 0.15) is 35.5 Å². The molecule has 0 radical (unpaired) electrons. The van der Waals surface area contributed by atoms with Crippen LogP contribution >= 0.6 is 15.9 Å². The molecule has 0 saturated carbocycles. The van der Waals surface area contributed by atoms with Crippen LogP contribution in [0, 0.1) is 19.7 Å². The molecule has 114 valence electrons. The van der Waals surface area contributed by atoms with Gasteiger partial charge in [-0.2, -0.15) is 5.10 Å². The van der Waals surface area contributed by atoms with Gasteiger partial charge in [-0.25, -0.2) is 4.39 Å². The SMILES string of the molecule is CCn1nc(C)c(Br)c1CC(NC)c1cc(C)ccc1F. The second-order valence-corrected chi connectivity index (χ2v) is 6.03. The zero-order chi connectivity index (χ0) is 15.6. The Hall–Kier alpha value is -1.20. The van der Waals surface area contributed by atoms with Gasteiger partial charge in [0.1, 0.15) is 5.82 Å². The van der Waals surface area contributed by atoms with Gasteiger partial charge >= 0.3 is 0 Å². The summed E-state index contributed by atoms with van der Waals surface area (Å²) in [6, 6.07) is 5.15. The van der Waals surface area contributed by atoms with Crippen molar-refractivity contribution in [3.8, 4) is 0 Å². The lowest BCUT2D eigenvalue weighted by molar-refractivity contribution is 0.509. The lowest BCUT2D eigenvalue weighted by Gasteiger charge is -2.19. The predicted molar refractivity (Wildman–Crippen MR) is 87.0 cm³/mol. The molecule has 0 fully saturated rings. The summed E-state index contributed by atoms with van der Waals surface area (Å²) in [7, 11) is 1.86. The normalized spacial score (nSPS) is 12.7. The summed E-state index contributed by atoms with van der Waals surface area (Å²) in [6.07, 6.45) is 0.687. The first-order valence-corrected chi connectivity index (χ1v) is 7.92. The van der Waals surface area contributed by atoms with Gasteiger partial charge in [-0.05, 0) is 49.8 Å². The van der Waals surface area contributed by atoms with Crippen molar-refractivity contribution in [2.24, 2.45) is 0 Å². The van der Waals surface area contributed by atoms with Crippen molar-refractivity contribution in [1.29, 1.82) is 0 Å². The highest BCUT2D eigenvalue weighted by atomic mass is 79.9. The molecule has 2 rings (SSSR count). The largest absolute Gasteiger partial charge is 0.313 e. The number of aromatic nitrogens is 2. The third kappa shape index (κ3) is 3.35. The second-order valence-electron chi connectivity index (χ2n) is 5.23. The van der Waals surface area contributed by atoms with E-state index in [0.29, 0.717) is 12.0 Å². The quantitative estimate of drug-likeness (QED) is 0.882. The Balaban J connectivity index is 2.38. The maximum absolute atomic E-state index is 14.1. The zero-order valence-electron chi connectivity index (χ0n) is 12.9. The van der Waals surface area contributed by atoms with Crippen LogP contribution in [0.4, 0.5) is 4.39 Å². The summed E-state index contributed by atoms with van der Waals surface area (Å²) in [5, 5.41) is 7.72. The van der Waals surface area contributed by atoms with Crippen molar-refractivity contribution in [2.45, 2.75) is 39.8 Å². The molecule has 0 aliphatic rings. The van der Waals surface area contributed by atoms with Crippen LogP contribution in [-0.2, 0) is 13.0 Å². The molecule has 21 heavy (non-hydrogen) atoms. The van der Waals surface area contributed by atoms with E-state index in [1.807, 2.05) is 31.6 Å². The number of hydrogen-bond acceptors (Lipinski definition) is 2. The van der Waals surface area contributed by atoms with Crippen molar-refractivity contribution in [1.82, 2.24) is 15.1 Å². The van der Waals surface area contributed by atoms with Crippen LogP contribution in [0.2, 0.25) is 0 Å². The molecule has 1 heterocycles. The summed E-state index contributed by atoms with van der Waals surface area (Å²) in [4.78, 5) is 0. The smallest absolute Gasteiger partial charge is 0.128 e. The van der Waals surface area contributed by atoms with Gasteiger partial charge < -0.3 is 5.32 Å². The van der Waals surface area contributed by atoms with Crippen LogP contribution in [0.5, 0.6) is 0 Å². The number of likely N-dealkylation sites (N-methyl/N-ethyl adjacent to an activating group) is 1. The molecule has 0 amide bonds. The van der Waals surface area contributed by atoms with E-state index in [-0.39, 0.29) is 11.9 Å². The molecule has 2 aromatic rings. The number of hydrogen-bond donors (Lipinski definition) is 1. The average Bonchev–Trinajstić information content (AvgIpc) is 2.74. The van der Waals surface area contributed by atoms with Gasteiger partial charge in [-0.1, -0.05) is 17.7 Å². The Labute approximate surface area is 133 Å². The average molecular weight is 354 g/mol. The lowest BCUT2D eigenvalue weighted by atomic mass is 9.99. The van der Waals surface area contributed by atoms with Crippen LogP contribution < -0.4 is 5.32 Å². The number of aryl methyl sites for hydroxylation is 3. The van der Waals surface area contributed by atoms with Crippen LogP contribution in [-0.4, -0.2) is 16.8 Å². The van der Waals surface area contributed by atoms with Gasteiger partial charge in [0.05, 0.1) is 15.9 Å². The molecule has 3 nitrogen and oxygen atoms in total. The van der Waals surface area contributed by atoms with Crippen molar-refractivity contribution in [2.75, 3.05) is 7.05 Å². The fourth-order valence-electron chi connectivity index (χ4n) is 2.56. The number of benzene rings is 1. The van der Waals surface area contributed by atoms with Gasteiger partial charge in [0.15, 0.2) is 0 Å². The highest BCUT2D eigenvalue weighted by Crippen LogP contribution is 2.28. The Bertz CT molecular complexity index is 637. The van der Waals surface area contributed by atoms with E-state index >= 15 is 0 Å². The minimum atomic E-state index is -0.171. The van der Waals surface area contributed by atoms with Crippen molar-refractivity contribution in [3.05, 3.63) is 51.0 Å².